The zero-order valence-electron chi connectivity index (χ0n) is 10.7. The molecule has 0 saturated heterocycles. The summed E-state index contributed by atoms with van der Waals surface area (Å²) in [4.78, 5) is 47.4. The normalized spacial score (nSPS) is 11.7. The summed E-state index contributed by atoms with van der Waals surface area (Å²) in [7, 11) is 0. The topological polar surface area (TPSA) is 137 Å². The van der Waals surface area contributed by atoms with Crippen LogP contribution in [0.2, 0.25) is 0 Å². The van der Waals surface area contributed by atoms with E-state index < -0.39 is 35.7 Å². The Kier molecular flexibility index (Phi) is 5.01. The average molecular weight is 282 g/mol. The number of amides is 1. The van der Waals surface area contributed by atoms with Crippen molar-refractivity contribution in [2.24, 2.45) is 0 Å². The Morgan fingerprint density at radius 3 is 2.50 bits per heavy atom. The molecule has 20 heavy (non-hydrogen) atoms. The quantitative estimate of drug-likeness (QED) is 0.567. The molecule has 0 bridgehead atoms. The van der Waals surface area contributed by atoms with Crippen molar-refractivity contribution in [1.29, 1.82) is 0 Å². The van der Waals surface area contributed by atoms with Crippen LogP contribution in [0.15, 0.2) is 17.1 Å². The molecule has 0 aliphatic carbocycles. The van der Waals surface area contributed by atoms with Crippen LogP contribution >= 0.6 is 0 Å². The van der Waals surface area contributed by atoms with Gasteiger partial charge in [-0.05, 0) is 13.3 Å². The Hall–Kier alpha value is -2.64. The molecule has 0 aromatic carbocycles. The second-order valence-corrected chi connectivity index (χ2v) is 4.19. The fourth-order valence-corrected chi connectivity index (χ4v) is 1.51. The van der Waals surface area contributed by atoms with Gasteiger partial charge >= 0.3 is 11.9 Å². The maximum Gasteiger partial charge on any atom is 0.326 e. The van der Waals surface area contributed by atoms with Crippen LogP contribution in [0.4, 0.5) is 0 Å². The highest BCUT2D eigenvalue weighted by atomic mass is 16.4. The summed E-state index contributed by atoms with van der Waals surface area (Å²) in [6, 6.07) is -0.152. The molecule has 1 rings (SSSR count). The predicted molar refractivity (Wildman–Crippen MR) is 67.6 cm³/mol. The van der Waals surface area contributed by atoms with Gasteiger partial charge in [0.15, 0.2) is 5.43 Å². The van der Waals surface area contributed by atoms with E-state index in [2.05, 4.69) is 10.3 Å². The van der Waals surface area contributed by atoms with Gasteiger partial charge in [0.25, 0.3) is 5.91 Å². The lowest BCUT2D eigenvalue weighted by Crippen LogP contribution is -2.42. The number of pyridine rings is 1. The number of carbonyl (C=O) groups excluding carboxylic acids is 1. The van der Waals surface area contributed by atoms with Gasteiger partial charge in [-0.1, -0.05) is 0 Å². The van der Waals surface area contributed by atoms with Gasteiger partial charge in [0.2, 0.25) is 0 Å². The number of aromatic nitrogens is 1. The number of aromatic amines is 1. The fourth-order valence-electron chi connectivity index (χ4n) is 1.51. The van der Waals surface area contributed by atoms with Gasteiger partial charge in [0, 0.05) is 24.4 Å². The Labute approximate surface area is 113 Å². The second-order valence-electron chi connectivity index (χ2n) is 4.19. The van der Waals surface area contributed by atoms with Crippen molar-refractivity contribution in [3.8, 4) is 0 Å². The number of carboxylic acids is 2. The molecule has 8 heteroatoms. The summed E-state index contributed by atoms with van der Waals surface area (Å²) in [6.07, 6.45) is 0.519. The van der Waals surface area contributed by atoms with Crippen molar-refractivity contribution in [3.05, 3.63) is 33.7 Å². The Morgan fingerprint density at radius 2 is 2.00 bits per heavy atom. The number of carbonyl (C=O) groups is 3. The van der Waals surface area contributed by atoms with Crippen molar-refractivity contribution in [2.45, 2.75) is 25.8 Å². The zero-order valence-corrected chi connectivity index (χ0v) is 10.7. The molecule has 0 spiro atoms. The Balaban J connectivity index is 2.82. The lowest BCUT2D eigenvalue weighted by molar-refractivity contribution is -0.140. The van der Waals surface area contributed by atoms with E-state index in [9.17, 15) is 19.2 Å². The minimum atomic E-state index is -1.36. The molecule has 1 aromatic rings. The van der Waals surface area contributed by atoms with Gasteiger partial charge in [0.05, 0.1) is 0 Å². The smallest absolute Gasteiger partial charge is 0.326 e. The van der Waals surface area contributed by atoms with E-state index in [1.807, 2.05) is 0 Å². The Bertz CT molecular complexity index is 592. The number of hydrogen-bond acceptors (Lipinski definition) is 4. The van der Waals surface area contributed by atoms with E-state index in [4.69, 9.17) is 10.2 Å². The van der Waals surface area contributed by atoms with E-state index in [-0.39, 0.29) is 12.0 Å². The van der Waals surface area contributed by atoms with Crippen molar-refractivity contribution < 1.29 is 24.6 Å². The number of nitrogens with one attached hydrogen (secondary N) is 2. The van der Waals surface area contributed by atoms with Crippen molar-refractivity contribution in [2.75, 3.05) is 0 Å². The van der Waals surface area contributed by atoms with E-state index in [1.165, 1.54) is 12.3 Å². The van der Waals surface area contributed by atoms with Gasteiger partial charge in [-0.2, -0.15) is 0 Å². The van der Waals surface area contributed by atoms with Crippen LogP contribution in [0, 0.1) is 6.92 Å². The minimum Gasteiger partial charge on any atom is -0.481 e. The molecule has 1 amide bonds. The van der Waals surface area contributed by atoms with E-state index in [1.54, 1.807) is 6.92 Å². The molecule has 0 saturated carbocycles. The third-order valence-electron chi connectivity index (χ3n) is 2.55. The Morgan fingerprint density at radius 1 is 1.35 bits per heavy atom. The van der Waals surface area contributed by atoms with Crippen molar-refractivity contribution in [1.82, 2.24) is 10.3 Å². The molecular weight excluding hydrogens is 268 g/mol. The maximum absolute atomic E-state index is 11.8. The molecule has 0 fully saturated rings. The fraction of sp³-hybridized carbons (Fsp3) is 0.333. The third kappa shape index (κ3) is 4.23. The van der Waals surface area contributed by atoms with Crippen LogP contribution in [-0.2, 0) is 9.59 Å². The molecule has 108 valence electrons. The van der Waals surface area contributed by atoms with Gasteiger partial charge < -0.3 is 20.5 Å². The van der Waals surface area contributed by atoms with Crippen LogP contribution in [0.5, 0.6) is 0 Å². The van der Waals surface area contributed by atoms with Crippen molar-refractivity contribution in [3.63, 3.8) is 0 Å². The standard InChI is InChI=1S/C12H14N2O6/c1-6-4-9(15)7(5-13-6)11(18)14-8(12(19)20)2-3-10(16)17/h4-5,8H,2-3H2,1H3,(H,13,15)(H,14,18)(H,16,17)(H,19,20)/t8-/m0/s1. The lowest BCUT2D eigenvalue weighted by atomic mass is 10.1. The zero-order chi connectivity index (χ0) is 15.3. The highest BCUT2D eigenvalue weighted by Crippen LogP contribution is 2.00. The lowest BCUT2D eigenvalue weighted by Gasteiger charge is -2.13. The summed E-state index contributed by atoms with van der Waals surface area (Å²) in [6.45, 7) is 1.63. The van der Waals surface area contributed by atoms with E-state index in [0.29, 0.717) is 5.69 Å². The molecule has 0 aliphatic rings. The predicted octanol–water partition coefficient (Wildman–Crippen LogP) is -0.269. The summed E-state index contributed by atoms with van der Waals surface area (Å²) in [5.41, 5.74) is -0.203. The van der Waals surface area contributed by atoms with Crippen LogP contribution in [-0.4, -0.2) is 39.1 Å². The first-order valence-electron chi connectivity index (χ1n) is 5.76. The maximum atomic E-state index is 11.8. The molecule has 1 atom stereocenters. The summed E-state index contributed by atoms with van der Waals surface area (Å²) < 4.78 is 0. The average Bonchev–Trinajstić information content (AvgIpc) is 2.33. The number of H-pyrrole nitrogens is 1. The molecule has 1 heterocycles. The number of rotatable bonds is 6. The number of hydrogen-bond donors (Lipinski definition) is 4. The molecule has 0 radical (unpaired) electrons. The molecule has 0 unspecified atom stereocenters. The largest absolute Gasteiger partial charge is 0.481 e. The summed E-state index contributed by atoms with van der Waals surface area (Å²) >= 11 is 0. The van der Waals surface area contributed by atoms with Gasteiger partial charge in [-0.3, -0.25) is 14.4 Å². The van der Waals surface area contributed by atoms with Gasteiger partial charge in [-0.15, -0.1) is 0 Å². The van der Waals surface area contributed by atoms with Crippen molar-refractivity contribution >= 4 is 17.8 Å². The molecule has 8 nitrogen and oxygen atoms in total. The summed E-state index contributed by atoms with van der Waals surface area (Å²) in [5.74, 6) is -3.38. The highest BCUT2D eigenvalue weighted by molar-refractivity contribution is 5.96. The third-order valence-corrected chi connectivity index (χ3v) is 2.55. The summed E-state index contributed by atoms with van der Waals surface area (Å²) in [5, 5.41) is 19.5. The van der Waals surface area contributed by atoms with Crippen LogP contribution < -0.4 is 10.7 Å². The van der Waals surface area contributed by atoms with Gasteiger partial charge in [-0.25, -0.2) is 4.79 Å². The monoisotopic (exact) mass is 282 g/mol. The van der Waals surface area contributed by atoms with Gasteiger partial charge in [0.1, 0.15) is 11.6 Å². The van der Waals surface area contributed by atoms with Crippen LogP contribution in [0.3, 0.4) is 0 Å². The highest BCUT2D eigenvalue weighted by Gasteiger charge is 2.22. The molecule has 4 N–H and O–H groups in total. The first-order chi connectivity index (χ1) is 9.31. The minimum absolute atomic E-state index is 0.225. The van der Waals surface area contributed by atoms with E-state index >= 15 is 0 Å². The number of carboxylic acid groups (broad SMARTS) is 2. The number of aryl methyl sites for hydroxylation is 1. The van der Waals surface area contributed by atoms with Crippen LogP contribution in [0.25, 0.3) is 0 Å². The van der Waals surface area contributed by atoms with Crippen LogP contribution in [0.1, 0.15) is 28.9 Å². The first kappa shape index (κ1) is 15.4. The number of aliphatic carboxylic acids is 2. The molecular formula is C12H14N2O6. The van der Waals surface area contributed by atoms with E-state index in [0.717, 1.165) is 0 Å². The molecule has 1 aromatic heterocycles. The SMILES string of the molecule is Cc1cc(=O)c(C(=O)N[C@@H](CCC(=O)O)C(=O)O)c[nH]1. The molecule has 0 aliphatic heterocycles. The second kappa shape index (κ2) is 6.50. The first-order valence-corrected chi connectivity index (χ1v) is 5.76.